The number of benzene rings is 3. The number of nitrogens with zero attached hydrogens (tertiary/aromatic N) is 10. The molecule has 0 bridgehead atoms. The van der Waals surface area contributed by atoms with Gasteiger partial charge in [-0.05, 0) is 79.4 Å². The van der Waals surface area contributed by atoms with Crippen LogP contribution in [-0.4, -0.2) is 85.7 Å². The van der Waals surface area contributed by atoms with Gasteiger partial charge in [0.05, 0.1) is 83.4 Å². The number of ether oxygens (including phenoxy) is 5. The monoisotopic (exact) mass is 1010 g/mol. The van der Waals surface area contributed by atoms with Crippen molar-refractivity contribution in [3.63, 3.8) is 0 Å². The highest BCUT2D eigenvalue weighted by atomic mass is 35.5. The summed E-state index contributed by atoms with van der Waals surface area (Å²) in [6, 6.07) is 22.3. The van der Waals surface area contributed by atoms with Crippen molar-refractivity contribution in [2.45, 2.75) is 64.1 Å². The lowest BCUT2D eigenvalue weighted by molar-refractivity contribution is 0.0240. The molecule has 1 aliphatic rings. The van der Waals surface area contributed by atoms with E-state index in [-0.39, 0.29) is 52.6 Å². The first-order valence-corrected chi connectivity index (χ1v) is 24.0. The van der Waals surface area contributed by atoms with Crippen LogP contribution < -0.4 is 18.9 Å². The van der Waals surface area contributed by atoms with Crippen LogP contribution in [-0.2, 0) is 50.3 Å². The number of aliphatic hydroxyl groups is 2. The van der Waals surface area contributed by atoms with E-state index in [0.717, 1.165) is 22.6 Å². The molecule has 1 fully saturated rings. The van der Waals surface area contributed by atoms with Crippen LogP contribution in [0.4, 0.5) is 0 Å². The van der Waals surface area contributed by atoms with E-state index in [9.17, 15) is 10.2 Å². The number of imidazole rings is 2. The Kier molecular flexibility index (Phi) is 13.1. The predicted molar refractivity (Wildman–Crippen MR) is 270 cm³/mol. The standard InChI is InChI=1S/C53H52Cl2N10O7/c1-30-11-14-40(31(2)59-30)52(66,45-26-58-62-65(45)6)35-12-15-42-39(22-35)47(55)49(72-37-17-19-69-20-18-37)51(61-42)71-28-34-10-8-9-33(21-34)27-70-48-46(54)38-23-36(13-16-41(38)60-50(48)68-7)53(67,43-24-56-29-63(43)4)44-25-57-32(3)64(44)5/h8-16,21-26,29,37,66-67H,17-20,27-28H2,1-7H3. The third-order valence-corrected chi connectivity index (χ3v) is 14.2. The summed E-state index contributed by atoms with van der Waals surface area (Å²) in [7, 11) is 6.92. The fraction of sp³-hybridized carbons (Fsp3) is 0.302. The van der Waals surface area contributed by atoms with Crippen LogP contribution in [0.15, 0.2) is 97.7 Å². The molecular formula is C53H52Cl2N10O7. The Morgan fingerprint density at radius 1 is 0.722 bits per heavy atom. The van der Waals surface area contributed by atoms with Gasteiger partial charge in [0.25, 0.3) is 11.8 Å². The van der Waals surface area contributed by atoms with E-state index >= 15 is 0 Å². The van der Waals surface area contributed by atoms with E-state index in [1.807, 2.05) is 81.9 Å². The molecule has 2 unspecified atom stereocenters. The SMILES string of the molecule is COc1nc2ccc(C(O)(c3cncn3C)c3cnc(C)n3C)cc2c(Cl)c1OCc1cccc(COc2nc3ccc(C(O)(c4ccc(C)nc4C)c4cnnn4C)cc3c(Cl)c2OC2CCOCC2)c1. The first-order chi connectivity index (χ1) is 34.7. The van der Waals surface area contributed by atoms with Gasteiger partial charge in [0.15, 0.2) is 11.2 Å². The molecule has 2 atom stereocenters. The summed E-state index contributed by atoms with van der Waals surface area (Å²) in [6.45, 7) is 6.94. The summed E-state index contributed by atoms with van der Waals surface area (Å²) in [6.07, 6.45) is 7.59. The quantitative estimate of drug-likeness (QED) is 0.0997. The molecule has 3 aromatic carbocycles. The van der Waals surface area contributed by atoms with Crippen LogP contribution >= 0.6 is 23.2 Å². The van der Waals surface area contributed by atoms with Crippen molar-refractivity contribution in [1.29, 1.82) is 0 Å². The van der Waals surface area contributed by atoms with Crippen molar-refractivity contribution < 1.29 is 33.9 Å². The fourth-order valence-electron chi connectivity index (χ4n) is 9.46. The lowest BCUT2D eigenvalue weighted by atomic mass is 9.82. The van der Waals surface area contributed by atoms with Gasteiger partial charge in [-0.1, -0.05) is 64.8 Å². The summed E-state index contributed by atoms with van der Waals surface area (Å²) >= 11 is 14.6. The second-order valence-corrected chi connectivity index (χ2v) is 18.8. The topological polar surface area (TPSA) is 192 Å². The largest absolute Gasteiger partial charge is 0.483 e. The first kappa shape index (κ1) is 48.5. The summed E-state index contributed by atoms with van der Waals surface area (Å²) in [5.41, 5.74) is 3.95. The predicted octanol–water partition coefficient (Wildman–Crippen LogP) is 8.30. The minimum atomic E-state index is -1.70. The highest BCUT2D eigenvalue weighted by molar-refractivity contribution is 6.37. The molecule has 17 nitrogen and oxygen atoms in total. The van der Waals surface area contributed by atoms with E-state index in [2.05, 4.69) is 25.3 Å². The van der Waals surface area contributed by atoms with E-state index < -0.39 is 11.2 Å². The Morgan fingerprint density at radius 3 is 2.00 bits per heavy atom. The molecule has 19 heteroatoms. The molecule has 0 radical (unpaired) electrons. The Hall–Kier alpha value is -7.15. The smallest absolute Gasteiger partial charge is 0.259 e. The van der Waals surface area contributed by atoms with E-state index in [0.29, 0.717) is 87.3 Å². The molecule has 0 spiro atoms. The third-order valence-electron chi connectivity index (χ3n) is 13.4. The minimum Gasteiger partial charge on any atom is -0.483 e. The molecule has 370 valence electrons. The number of hydrogen-bond donors (Lipinski definition) is 2. The number of fused-ring (bicyclic) bond motifs is 2. The van der Waals surface area contributed by atoms with Crippen LogP contribution in [0.3, 0.4) is 0 Å². The Bertz CT molecular complexity index is 3500. The minimum absolute atomic E-state index is 0.101. The third kappa shape index (κ3) is 8.64. The van der Waals surface area contributed by atoms with Gasteiger partial charge < -0.3 is 43.0 Å². The van der Waals surface area contributed by atoms with Crippen molar-refractivity contribution >= 4 is 45.0 Å². The average Bonchev–Trinajstić information content (AvgIpc) is 4.12. The van der Waals surface area contributed by atoms with Gasteiger partial charge in [-0.15, -0.1) is 5.10 Å². The van der Waals surface area contributed by atoms with Crippen molar-refractivity contribution in [3.8, 4) is 23.3 Å². The van der Waals surface area contributed by atoms with Crippen LogP contribution in [0, 0.1) is 20.8 Å². The van der Waals surface area contributed by atoms with Gasteiger partial charge >= 0.3 is 0 Å². The highest BCUT2D eigenvalue weighted by Crippen LogP contribution is 2.46. The van der Waals surface area contributed by atoms with Crippen molar-refractivity contribution in [1.82, 2.24) is 49.0 Å². The number of rotatable bonds is 15. The maximum Gasteiger partial charge on any atom is 0.259 e. The molecule has 72 heavy (non-hydrogen) atoms. The average molecular weight is 1010 g/mol. The summed E-state index contributed by atoms with van der Waals surface area (Å²) in [5.74, 6) is 1.67. The normalized spacial score (nSPS) is 14.9. The lowest BCUT2D eigenvalue weighted by Crippen LogP contribution is -2.33. The summed E-state index contributed by atoms with van der Waals surface area (Å²) < 4.78 is 36.1. The molecule has 0 saturated carbocycles. The molecule has 1 saturated heterocycles. The number of aromatic nitrogens is 10. The van der Waals surface area contributed by atoms with Crippen molar-refractivity contribution in [3.05, 3.63) is 170 Å². The molecule has 2 N–H and O–H groups in total. The Balaban J connectivity index is 0.946. The van der Waals surface area contributed by atoms with Crippen LogP contribution in [0.2, 0.25) is 10.0 Å². The van der Waals surface area contributed by atoms with Crippen molar-refractivity contribution in [2.75, 3.05) is 20.3 Å². The molecule has 7 heterocycles. The summed E-state index contributed by atoms with van der Waals surface area (Å²) in [5, 5.41) is 35.4. The maximum atomic E-state index is 12.8. The van der Waals surface area contributed by atoms with Crippen LogP contribution in [0.5, 0.6) is 23.3 Å². The fourth-order valence-corrected chi connectivity index (χ4v) is 10.0. The molecule has 9 aromatic rings. The van der Waals surface area contributed by atoms with Crippen LogP contribution in [0.25, 0.3) is 21.8 Å². The zero-order chi connectivity index (χ0) is 50.5. The zero-order valence-corrected chi connectivity index (χ0v) is 42.2. The van der Waals surface area contributed by atoms with Crippen LogP contribution in [0.1, 0.15) is 75.0 Å². The molecule has 10 rings (SSSR count). The lowest BCUT2D eigenvalue weighted by Gasteiger charge is -2.30. The van der Waals surface area contributed by atoms with Gasteiger partial charge in [0, 0.05) is 61.7 Å². The van der Waals surface area contributed by atoms with Gasteiger partial charge in [0.1, 0.15) is 25.1 Å². The van der Waals surface area contributed by atoms with Gasteiger partial charge in [-0.2, -0.15) is 0 Å². The number of aryl methyl sites for hydroxylation is 5. The number of pyridine rings is 3. The first-order valence-electron chi connectivity index (χ1n) is 23.3. The zero-order valence-electron chi connectivity index (χ0n) is 40.7. The Labute approximate surface area is 424 Å². The van der Waals surface area contributed by atoms with Gasteiger partial charge in [-0.25, -0.2) is 24.6 Å². The number of halogens is 2. The van der Waals surface area contributed by atoms with E-state index in [1.54, 1.807) is 71.5 Å². The van der Waals surface area contributed by atoms with E-state index in [4.69, 9.17) is 56.9 Å². The van der Waals surface area contributed by atoms with Crippen molar-refractivity contribution in [2.24, 2.45) is 21.1 Å². The second kappa shape index (κ2) is 19.5. The highest BCUT2D eigenvalue weighted by Gasteiger charge is 2.41. The number of methoxy groups -OCH3 is 1. The molecule has 0 amide bonds. The van der Waals surface area contributed by atoms with E-state index in [1.165, 1.54) is 7.11 Å². The molecule has 0 aliphatic carbocycles. The maximum absolute atomic E-state index is 12.8. The van der Waals surface area contributed by atoms with Gasteiger partial charge in [0.2, 0.25) is 11.5 Å². The Morgan fingerprint density at radius 2 is 1.39 bits per heavy atom. The number of hydrogen-bond acceptors (Lipinski definition) is 14. The molecule has 6 aromatic heterocycles. The van der Waals surface area contributed by atoms with Gasteiger partial charge in [-0.3, -0.25) is 4.98 Å². The molecule has 1 aliphatic heterocycles. The second-order valence-electron chi connectivity index (χ2n) is 18.0. The molecular weight excluding hydrogens is 960 g/mol. The summed E-state index contributed by atoms with van der Waals surface area (Å²) in [4.78, 5) is 23.2.